The molecule has 0 aromatic carbocycles. The van der Waals surface area contributed by atoms with Crippen molar-refractivity contribution in [3.05, 3.63) is 0 Å². The second-order valence-corrected chi connectivity index (χ2v) is 4.73. The molecular weight excluding hydrogens is 206 g/mol. The lowest BCUT2D eigenvalue weighted by atomic mass is 9.98. The van der Waals surface area contributed by atoms with Gasteiger partial charge in [0.2, 0.25) is 0 Å². The normalized spacial score (nSPS) is 18.6. The first-order valence-electron chi connectivity index (χ1n) is 5.87. The van der Waals surface area contributed by atoms with Gasteiger partial charge in [0.1, 0.15) is 0 Å². The van der Waals surface area contributed by atoms with Crippen molar-refractivity contribution in [1.82, 2.24) is 5.32 Å². The lowest BCUT2D eigenvalue weighted by Crippen LogP contribution is -2.45. The highest BCUT2D eigenvalue weighted by molar-refractivity contribution is 5.72. The fourth-order valence-electron chi connectivity index (χ4n) is 1.57. The third-order valence-electron chi connectivity index (χ3n) is 2.92. The molecule has 3 unspecified atom stereocenters. The molecule has 0 saturated heterocycles. The first-order valence-corrected chi connectivity index (χ1v) is 5.87. The van der Waals surface area contributed by atoms with Gasteiger partial charge in [-0.05, 0) is 20.3 Å². The number of hydrogen-bond acceptors (Lipinski definition) is 4. The fourth-order valence-corrected chi connectivity index (χ4v) is 1.57. The summed E-state index contributed by atoms with van der Waals surface area (Å²) >= 11 is 0. The van der Waals surface area contributed by atoms with Gasteiger partial charge >= 0.3 is 5.97 Å². The van der Waals surface area contributed by atoms with Crippen molar-refractivity contribution in [1.29, 1.82) is 0 Å². The number of carbonyl (C=O) groups is 1. The molecular formula is C12H25NO3. The van der Waals surface area contributed by atoms with Gasteiger partial charge in [-0.3, -0.25) is 4.79 Å². The molecule has 3 atom stereocenters. The molecule has 0 aromatic heterocycles. The minimum atomic E-state index is -0.709. The summed E-state index contributed by atoms with van der Waals surface area (Å²) in [5.74, 6) is -0.433. The second-order valence-electron chi connectivity index (χ2n) is 4.73. The van der Waals surface area contributed by atoms with Gasteiger partial charge in [0.05, 0.1) is 18.6 Å². The van der Waals surface area contributed by atoms with E-state index in [4.69, 9.17) is 0 Å². The van der Waals surface area contributed by atoms with Crippen molar-refractivity contribution in [2.24, 2.45) is 5.92 Å². The lowest BCUT2D eigenvalue weighted by Gasteiger charge is -2.27. The zero-order valence-electron chi connectivity index (χ0n) is 11.0. The van der Waals surface area contributed by atoms with Crippen LogP contribution in [0.1, 0.15) is 40.5 Å². The molecule has 96 valence electrons. The van der Waals surface area contributed by atoms with E-state index in [1.165, 1.54) is 7.11 Å². The molecule has 4 heteroatoms. The highest BCUT2D eigenvalue weighted by atomic mass is 16.5. The van der Waals surface area contributed by atoms with Crippen molar-refractivity contribution >= 4 is 5.97 Å². The summed E-state index contributed by atoms with van der Waals surface area (Å²) in [5, 5.41) is 13.1. The van der Waals surface area contributed by atoms with Gasteiger partial charge in [0.25, 0.3) is 0 Å². The summed E-state index contributed by atoms with van der Waals surface area (Å²) in [6.45, 7) is 8.07. The summed E-state index contributed by atoms with van der Waals surface area (Å²) in [6.07, 6.45) is 1.69. The van der Waals surface area contributed by atoms with E-state index < -0.39 is 5.60 Å². The Labute approximate surface area is 98.4 Å². The summed E-state index contributed by atoms with van der Waals surface area (Å²) < 4.78 is 4.67. The van der Waals surface area contributed by atoms with Gasteiger partial charge in [-0.2, -0.15) is 0 Å². The van der Waals surface area contributed by atoms with Gasteiger partial charge in [0, 0.05) is 12.6 Å². The van der Waals surface area contributed by atoms with Crippen LogP contribution in [-0.4, -0.2) is 36.4 Å². The Balaban J connectivity index is 4.06. The number of ether oxygens (including phenoxy) is 1. The summed E-state index contributed by atoms with van der Waals surface area (Å²) in [4.78, 5) is 11.3. The summed E-state index contributed by atoms with van der Waals surface area (Å²) in [7, 11) is 1.39. The summed E-state index contributed by atoms with van der Waals surface area (Å²) in [5.41, 5.74) is -0.709. The largest absolute Gasteiger partial charge is 0.469 e. The Hall–Kier alpha value is -0.610. The van der Waals surface area contributed by atoms with Crippen LogP contribution in [0.4, 0.5) is 0 Å². The summed E-state index contributed by atoms with van der Waals surface area (Å²) in [6, 6.07) is -0.00391. The quantitative estimate of drug-likeness (QED) is 0.649. The first-order chi connectivity index (χ1) is 7.34. The fraction of sp³-hybridized carbons (Fsp3) is 0.917. The molecule has 0 fully saturated rings. The Morgan fingerprint density at radius 2 is 2.06 bits per heavy atom. The van der Waals surface area contributed by atoms with E-state index in [2.05, 4.69) is 10.1 Å². The van der Waals surface area contributed by atoms with Crippen LogP contribution in [0.2, 0.25) is 0 Å². The van der Waals surface area contributed by atoms with E-state index in [0.29, 0.717) is 6.54 Å². The van der Waals surface area contributed by atoms with Crippen LogP contribution in [0.15, 0.2) is 0 Å². The number of nitrogens with one attached hydrogen (secondary N) is 1. The van der Waals surface area contributed by atoms with E-state index in [1.54, 1.807) is 6.92 Å². The van der Waals surface area contributed by atoms with Gasteiger partial charge < -0.3 is 15.2 Å². The molecule has 0 spiro atoms. The SMILES string of the molecule is CCCC(C)(O)CNC(C)C(C)C(=O)OC. The molecule has 2 N–H and O–H groups in total. The molecule has 0 aliphatic heterocycles. The molecule has 0 saturated carbocycles. The number of carbonyl (C=O) groups excluding carboxylic acids is 1. The highest BCUT2D eigenvalue weighted by Gasteiger charge is 2.24. The lowest BCUT2D eigenvalue weighted by molar-refractivity contribution is -0.145. The molecule has 0 rings (SSSR count). The van der Waals surface area contributed by atoms with Crippen molar-refractivity contribution in [3.8, 4) is 0 Å². The van der Waals surface area contributed by atoms with Crippen LogP contribution in [-0.2, 0) is 9.53 Å². The second kappa shape index (κ2) is 6.86. The Morgan fingerprint density at radius 3 is 2.50 bits per heavy atom. The van der Waals surface area contributed by atoms with Crippen molar-refractivity contribution in [3.63, 3.8) is 0 Å². The third-order valence-corrected chi connectivity index (χ3v) is 2.92. The molecule has 16 heavy (non-hydrogen) atoms. The van der Waals surface area contributed by atoms with Crippen LogP contribution in [0.25, 0.3) is 0 Å². The van der Waals surface area contributed by atoms with Crippen LogP contribution in [0.5, 0.6) is 0 Å². The maximum absolute atomic E-state index is 11.3. The predicted octanol–water partition coefficient (Wildman–Crippen LogP) is 1.32. The van der Waals surface area contributed by atoms with E-state index in [0.717, 1.165) is 12.8 Å². The Bertz CT molecular complexity index is 216. The van der Waals surface area contributed by atoms with E-state index >= 15 is 0 Å². The zero-order valence-corrected chi connectivity index (χ0v) is 11.0. The predicted molar refractivity (Wildman–Crippen MR) is 64.2 cm³/mol. The maximum Gasteiger partial charge on any atom is 0.309 e. The minimum absolute atomic E-state index is 0.00391. The Kier molecular flexibility index (Phi) is 6.60. The monoisotopic (exact) mass is 231 g/mol. The van der Waals surface area contributed by atoms with Crippen LogP contribution < -0.4 is 5.32 Å². The number of aliphatic hydroxyl groups is 1. The first kappa shape index (κ1) is 15.4. The number of esters is 1. The average Bonchev–Trinajstić information content (AvgIpc) is 2.23. The third kappa shape index (κ3) is 5.47. The standard InChI is InChI=1S/C12H25NO3/c1-6-7-12(4,15)8-13-10(3)9(2)11(14)16-5/h9-10,13,15H,6-8H2,1-5H3. The maximum atomic E-state index is 11.3. The van der Waals surface area contributed by atoms with Gasteiger partial charge in [-0.25, -0.2) is 0 Å². The zero-order chi connectivity index (χ0) is 12.8. The molecule has 4 nitrogen and oxygen atoms in total. The Morgan fingerprint density at radius 1 is 1.50 bits per heavy atom. The molecule has 0 bridgehead atoms. The van der Waals surface area contributed by atoms with Gasteiger partial charge in [-0.15, -0.1) is 0 Å². The number of rotatable bonds is 7. The van der Waals surface area contributed by atoms with Crippen LogP contribution >= 0.6 is 0 Å². The molecule has 0 amide bonds. The highest BCUT2D eigenvalue weighted by Crippen LogP contribution is 2.12. The van der Waals surface area contributed by atoms with E-state index in [9.17, 15) is 9.90 Å². The topological polar surface area (TPSA) is 58.6 Å². The molecule has 0 heterocycles. The number of hydrogen-bond donors (Lipinski definition) is 2. The minimum Gasteiger partial charge on any atom is -0.469 e. The average molecular weight is 231 g/mol. The van der Waals surface area contributed by atoms with Gasteiger partial charge in [-0.1, -0.05) is 20.3 Å². The van der Waals surface area contributed by atoms with Crippen molar-refractivity contribution < 1.29 is 14.6 Å². The number of methoxy groups -OCH3 is 1. The smallest absolute Gasteiger partial charge is 0.309 e. The van der Waals surface area contributed by atoms with Gasteiger partial charge in [0.15, 0.2) is 0 Å². The van der Waals surface area contributed by atoms with Crippen molar-refractivity contribution in [2.45, 2.75) is 52.2 Å². The van der Waals surface area contributed by atoms with Crippen LogP contribution in [0, 0.1) is 5.92 Å². The molecule has 0 aliphatic carbocycles. The van der Waals surface area contributed by atoms with Crippen LogP contribution in [0.3, 0.4) is 0 Å². The molecule has 0 aliphatic rings. The molecule has 0 aromatic rings. The molecule has 0 radical (unpaired) electrons. The van der Waals surface area contributed by atoms with Crippen molar-refractivity contribution in [2.75, 3.05) is 13.7 Å². The van der Waals surface area contributed by atoms with E-state index in [1.807, 2.05) is 20.8 Å². The van der Waals surface area contributed by atoms with E-state index in [-0.39, 0.29) is 17.9 Å².